The van der Waals surface area contributed by atoms with Crippen LogP contribution in [0.2, 0.25) is 0 Å². The van der Waals surface area contributed by atoms with Gasteiger partial charge in [0.05, 0.1) is 12.7 Å². The third-order valence-electron chi connectivity index (χ3n) is 5.19. The number of hydrogen-bond donors (Lipinski definition) is 1. The van der Waals surface area contributed by atoms with Gasteiger partial charge in [0.15, 0.2) is 0 Å². The molecule has 0 spiro atoms. The van der Waals surface area contributed by atoms with E-state index in [1.165, 1.54) is 16.7 Å². The average molecular weight is 374 g/mol. The molecule has 1 saturated heterocycles. The molecular weight excluding hydrogens is 346 g/mol. The highest BCUT2D eigenvalue weighted by Crippen LogP contribution is 2.23. The van der Waals surface area contributed by atoms with E-state index in [9.17, 15) is 0 Å². The van der Waals surface area contributed by atoms with Crippen molar-refractivity contribution in [2.24, 2.45) is 0 Å². The Balaban J connectivity index is 1.34. The Hall–Kier alpha value is -2.69. The predicted octanol–water partition coefficient (Wildman–Crippen LogP) is 4.96. The lowest BCUT2D eigenvalue weighted by atomic mass is 10.1. The molecule has 2 heterocycles. The monoisotopic (exact) mass is 373 g/mol. The first kappa shape index (κ1) is 18.7. The zero-order valence-electron chi connectivity index (χ0n) is 16.3. The molecule has 0 aliphatic carbocycles. The van der Waals surface area contributed by atoms with Gasteiger partial charge >= 0.3 is 0 Å². The number of pyridine rings is 1. The first-order valence-corrected chi connectivity index (χ1v) is 10.00. The van der Waals surface area contributed by atoms with Crippen LogP contribution >= 0.6 is 0 Å². The number of anilines is 2. The van der Waals surface area contributed by atoms with Gasteiger partial charge in [0.1, 0.15) is 5.82 Å². The normalized spacial score (nSPS) is 17.4. The standard InChI is InChI=1S/C24H27N3O/c1-2-19-8-11-22(12-9-19)26-24-13-10-20(16-25-24)17-27-14-15-28-23(18-27)21-6-4-3-5-7-21/h3-13,16,23H,2,14-15,17-18H2,1H3,(H,25,26). The number of ether oxygens (including phenoxy) is 1. The fourth-order valence-corrected chi connectivity index (χ4v) is 3.54. The van der Waals surface area contributed by atoms with E-state index in [1.807, 2.05) is 12.3 Å². The van der Waals surface area contributed by atoms with Gasteiger partial charge in [-0.1, -0.05) is 55.5 Å². The Labute approximate surface area is 167 Å². The second kappa shape index (κ2) is 9.00. The fourth-order valence-electron chi connectivity index (χ4n) is 3.54. The van der Waals surface area contributed by atoms with Gasteiger partial charge in [0, 0.05) is 31.5 Å². The number of benzene rings is 2. The predicted molar refractivity (Wildman–Crippen MR) is 114 cm³/mol. The smallest absolute Gasteiger partial charge is 0.130 e. The topological polar surface area (TPSA) is 37.4 Å². The molecule has 0 amide bonds. The molecule has 0 radical (unpaired) electrons. The van der Waals surface area contributed by atoms with Crippen molar-refractivity contribution in [3.05, 3.63) is 89.6 Å². The summed E-state index contributed by atoms with van der Waals surface area (Å²) in [4.78, 5) is 7.03. The number of aryl methyl sites for hydroxylation is 1. The van der Waals surface area contributed by atoms with Crippen LogP contribution in [0.15, 0.2) is 72.9 Å². The Morgan fingerprint density at radius 3 is 2.50 bits per heavy atom. The number of rotatable bonds is 6. The number of aromatic nitrogens is 1. The Morgan fingerprint density at radius 1 is 1.00 bits per heavy atom. The highest BCUT2D eigenvalue weighted by atomic mass is 16.5. The molecule has 144 valence electrons. The van der Waals surface area contributed by atoms with Gasteiger partial charge in [-0.05, 0) is 41.3 Å². The summed E-state index contributed by atoms with van der Waals surface area (Å²) >= 11 is 0. The lowest BCUT2D eigenvalue weighted by Gasteiger charge is -2.33. The van der Waals surface area contributed by atoms with Crippen LogP contribution in [0.5, 0.6) is 0 Å². The van der Waals surface area contributed by atoms with E-state index in [0.717, 1.165) is 44.2 Å². The van der Waals surface area contributed by atoms with E-state index in [-0.39, 0.29) is 6.10 Å². The van der Waals surface area contributed by atoms with E-state index >= 15 is 0 Å². The highest BCUT2D eigenvalue weighted by molar-refractivity contribution is 5.56. The third kappa shape index (κ3) is 4.77. The van der Waals surface area contributed by atoms with Crippen LogP contribution < -0.4 is 5.32 Å². The van der Waals surface area contributed by atoms with Gasteiger partial charge in [-0.25, -0.2) is 4.98 Å². The molecule has 28 heavy (non-hydrogen) atoms. The van der Waals surface area contributed by atoms with Crippen LogP contribution in [0.4, 0.5) is 11.5 Å². The summed E-state index contributed by atoms with van der Waals surface area (Å²) in [5, 5.41) is 3.37. The largest absolute Gasteiger partial charge is 0.371 e. The molecule has 1 aliphatic rings. The van der Waals surface area contributed by atoms with Gasteiger partial charge < -0.3 is 10.1 Å². The molecule has 4 heteroatoms. The maximum absolute atomic E-state index is 5.97. The quantitative estimate of drug-likeness (QED) is 0.663. The van der Waals surface area contributed by atoms with Gasteiger partial charge in [-0.3, -0.25) is 4.90 Å². The molecule has 4 nitrogen and oxygen atoms in total. The molecule has 1 aliphatic heterocycles. The summed E-state index contributed by atoms with van der Waals surface area (Å²) in [6.07, 6.45) is 3.17. The van der Waals surface area contributed by atoms with Crippen molar-refractivity contribution in [3.8, 4) is 0 Å². The summed E-state index contributed by atoms with van der Waals surface area (Å²) in [5.41, 5.74) is 4.88. The summed E-state index contributed by atoms with van der Waals surface area (Å²) in [5.74, 6) is 0.872. The number of morpholine rings is 1. The second-order valence-electron chi connectivity index (χ2n) is 7.23. The molecule has 3 aromatic rings. The third-order valence-corrected chi connectivity index (χ3v) is 5.19. The van der Waals surface area contributed by atoms with Gasteiger partial charge in [-0.2, -0.15) is 0 Å². The minimum absolute atomic E-state index is 0.148. The van der Waals surface area contributed by atoms with Crippen molar-refractivity contribution < 1.29 is 4.74 Å². The Kier molecular flexibility index (Phi) is 6.00. The molecule has 1 aromatic heterocycles. The Bertz CT molecular complexity index is 863. The molecule has 0 saturated carbocycles. The summed E-state index contributed by atoms with van der Waals surface area (Å²) in [7, 11) is 0. The van der Waals surface area contributed by atoms with Crippen LogP contribution in [0.3, 0.4) is 0 Å². The first-order valence-electron chi connectivity index (χ1n) is 10.00. The van der Waals surface area contributed by atoms with Crippen molar-refractivity contribution in [2.45, 2.75) is 26.0 Å². The summed E-state index contributed by atoms with van der Waals surface area (Å²) < 4.78 is 5.97. The van der Waals surface area contributed by atoms with E-state index in [4.69, 9.17) is 4.74 Å². The average Bonchev–Trinajstić information content (AvgIpc) is 2.76. The maximum atomic E-state index is 5.97. The van der Waals surface area contributed by atoms with Crippen LogP contribution in [0.25, 0.3) is 0 Å². The van der Waals surface area contributed by atoms with Crippen LogP contribution in [-0.2, 0) is 17.7 Å². The van der Waals surface area contributed by atoms with Crippen molar-refractivity contribution in [1.82, 2.24) is 9.88 Å². The molecule has 2 aromatic carbocycles. The van der Waals surface area contributed by atoms with Crippen molar-refractivity contribution in [2.75, 3.05) is 25.0 Å². The Morgan fingerprint density at radius 2 is 1.79 bits per heavy atom. The zero-order chi connectivity index (χ0) is 19.2. The van der Waals surface area contributed by atoms with E-state index < -0.39 is 0 Å². The number of nitrogens with zero attached hydrogens (tertiary/aromatic N) is 2. The van der Waals surface area contributed by atoms with Gasteiger partial charge in [-0.15, -0.1) is 0 Å². The first-order chi connectivity index (χ1) is 13.8. The molecule has 1 atom stereocenters. The number of nitrogens with one attached hydrogen (secondary N) is 1. The van der Waals surface area contributed by atoms with Crippen LogP contribution in [-0.4, -0.2) is 29.6 Å². The van der Waals surface area contributed by atoms with Crippen molar-refractivity contribution >= 4 is 11.5 Å². The molecule has 1 N–H and O–H groups in total. The SMILES string of the molecule is CCc1ccc(Nc2ccc(CN3CCOC(c4ccccc4)C3)cn2)cc1. The van der Waals surface area contributed by atoms with Crippen molar-refractivity contribution in [1.29, 1.82) is 0 Å². The van der Waals surface area contributed by atoms with E-state index in [1.54, 1.807) is 0 Å². The molecule has 0 bridgehead atoms. The maximum Gasteiger partial charge on any atom is 0.130 e. The minimum Gasteiger partial charge on any atom is -0.371 e. The van der Waals surface area contributed by atoms with E-state index in [2.05, 4.69) is 82.8 Å². The van der Waals surface area contributed by atoms with Crippen molar-refractivity contribution in [3.63, 3.8) is 0 Å². The fraction of sp³-hybridized carbons (Fsp3) is 0.292. The van der Waals surface area contributed by atoms with Crippen LogP contribution in [0, 0.1) is 0 Å². The molecule has 4 rings (SSSR count). The van der Waals surface area contributed by atoms with Gasteiger partial charge in [0.25, 0.3) is 0 Å². The lowest BCUT2D eigenvalue weighted by molar-refractivity contribution is -0.0329. The van der Waals surface area contributed by atoms with Gasteiger partial charge in [0.2, 0.25) is 0 Å². The van der Waals surface area contributed by atoms with E-state index in [0.29, 0.717) is 0 Å². The summed E-state index contributed by atoms with van der Waals surface area (Å²) in [6.45, 7) is 5.69. The minimum atomic E-state index is 0.148. The molecule has 1 unspecified atom stereocenters. The summed E-state index contributed by atoms with van der Waals surface area (Å²) in [6, 6.07) is 23.2. The zero-order valence-corrected chi connectivity index (χ0v) is 16.3. The second-order valence-corrected chi connectivity index (χ2v) is 7.23. The van der Waals surface area contributed by atoms with Crippen LogP contribution in [0.1, 0.15) is 29.7 Å². The molecular formula is C24H27N3O. The molecule has 1 fully saturated rings. The lowest BCUT2D eigenvalue weighted by Crippen LogP contribution is -2.37. The highest BCUT2D eigenvalue weighted by Gasteiger charge is 2.21. The number of hydrogen-bond acceptors (Lipinski definition) is 4.